The third-order valence-electron chi connectivity index (χ3n) is 4.73. The van der Waals surface area contributed by atoms with Crippen molar-refractivity contribution in [1.29, 1.82) is 0 Å². The van der Waals surface area contributed by atoms with E-state index < -0.39 is 5.82 Å². The molecule has 0 bridgehead atoms. The van der Waals surface area contributed by atoms with Crippen LogP contribution >= 0.6 is 11.8 Å². The van der Waals surface area contributed by atoms with E-state index in [2.05, 4.69) is 10.2 Å². The highest BCUT2D eigenvalue weighted by atomic mass is 32.2. The Morgan fingerprint density at radius 1 is 1.09 bits per heavy atom. The molecule has 9 heteroatoms. The van der Waals surface area contributed by atoms with Gasteiger partial charge < -0.3 is 13.9 Å². The molecule has 3 aromatic rings. The van der Waals surface area contributed by atoms with E-state index in [9.17, 15) is 9.18 Å². The third-order valence-corrected chi connectivity index (χ3v) is 5.73. The molecular weight excluding hydrogens is 445 g/mol. The topological polar surface area (TPSA) is 76.6 Å². The molecule has 4 rings (SSSR count). The van der Waals surface area contributed by atoms with Gasteiger partial charge in [0.1, 0.15) is 11.6 Å². The van der Waals surface area contributed by atoms with Crippen molar-refractivity contribution in [2.45, 2.75) is 6.54 Å². The zero-order valence-corrected chi connectivity index (χ0v) is 18.7. The maximum Gasteiger partial charge on any atom is 0.267 e. The number of methoxy groups -OCH3 is 2. The second-order valence-electron chi connectivity index (χ2n) is 6.84. The first-order chi connectivity index (χ1) is 16.1. The summed E-state index contributed by atoms with van der Waals surface area (Å²) in [5, 5.41) is 8.55. The van der Waals surface area contributed by atoms with Crippen LogP contribution in [0.4, 0.5) is 4.39 Å². The Balaban J connectivity index is 1.64. The normalized spacial score (nSPS) is 16.3. The molecule has 1 aromatic heterocycles. The van der Waals surface area contributed by atoms with Crippen LogP contribution in [0.1, 0.15) is 16.9 Å². The zero-order valence-electron chi connectivity index (χ0n) is 17.9. The number of halogens is 1. The fourth-order valence-electron chi connectivity index (χ4n) is 3.09. The molecule has 33 heavy (non-hydrogen) atoms. The lowest BCUT2D eigenvalue weighted by atomic mass is 10.2. The first kappa shape index (κ1) is 22.3. The zero-order chi connectivity index (χ0) is 23.2. The monoisotopic (exact) mass is 465 g/mol. The summed E-state index contributed by atoms with van der Waals surface area (Å²) in [7, 11) is 3.11. The van der Waals surface area contributed by atoms with Crippen molar-refractivity contribution in [3.8, 4) is 11.5 Å². The van der Waals surface area contributed by atoms with Gasteiger partial charge >= 0.3 is 0 Å². The lowest BCUT2D eigenvalue weighted by Crippen LogP contribution is -2.28. The van der Waals surface area contributed by atoms with Gasteiger partial charge in [0.15, 0.2) is 16.7 Å². The molecule has 0 spiro atoms. The SMILES string of the molecule is COc1ccc(/C=C2\S/C(=N\N=C\c3ccccc3F)N(Cc3ccco3)C2=O)cc1OC. The minimum Gasteiger partial charge on any atom is -0.493 e. The molecule has 2 aromatic carbocycles. The largest absolute Gasteiger partial charge is 0.493 e. The van der Waals surface area contributed by atoms with Crippen LogP contribution in [0.3, 0.4) is 0 Å². The van der Waals surface area contributed by atoms with Crippen molar-refractivity contribution in [3.63, 3.8) is 0 Å². The van der Waals surface area contributed by atoms with Crippen LogP contribution in [-0.2, 0) is 11.3 Å². The molecule has 1 amide bonds. The van der Waals surface area contributed by atoms with Crippen molar-refractivity contribution in [2.24, 2.45) is 10.2 Å². The summed E-state index contributed by atoms with van der Waals surface area (Å²) in [5.74, 6) is 1.10. The summed E-state index contributed by atoms with van der Waals surface area (Å²) in [4.78, 5) is 15.1. The summed E-state index contributed by atoms with van der Waals surface area (Å²) in [6.07, 6.45) is 4.60. The molecule has 7 nitrogen and oxygen atoms in total. The second kappa shape index (κ2) is 10.2. The molecule has 0 unspecified atom stereocenters. The smallest absolute Gasteiger partial charge is 0.267 e. The first-order valence-electron chi connectivity index (χ1n) is 9.90. The molecule has 0 radical (unpaired) electrons. The van der Waals surface area contributed by atoms with E-state index in [1.807, 2.05) is 6.07 Å². The molecule has 0 aliphatic carbocycles. The second-order valence-corrected chi connectivity index (χ2v) is 7.85. The number of nitrogens with zero attached hydrogens (tertiary/aromatic N) is 3. The maximum atomic E-state index is 13.9. The van der Waals surface area contributed by atoms with E-state index in [0.29, 0.717) is 32.9 Å². The van der Waals surface area contributed by atoms with E-state index in [-0.39, 0.29) is 12.5 Å². The summed E-state index contributed by atoms with van der Waals surface area (Å²) < 4.78 is 29.9. The van der Waals surface area contributed by atoms with Crippen LogP contribution in [0.15, 0.2) is 80.4 Å². The van der Waals surface area contributed by atoms with Crippen molar-refractivity contribution >= 4 is 35.1 Å². The van der Waals surface area contributed by atoms with E-state index in [1.54, 1.807) is 62.8 Å². The van der Waals surface area contributed by atoms with Gasteiger partial charge in [0.05, 0.1) is 38.1 Å². The lowest BCUT2D eigenvalue weighted by molar-refractivity contribution is -0.122. The number of rotatable bonds is 7. The van der Waals surface area contributed by atoms with Crippen molar-refractivity contribution in [1.82, 2.24) is 4.90 Å². The fourth-order valence-corrected chi connectivity index (χ4v) is 4.03. The minimum absolute atomic E-state index is 0.191. The molecular formula is C24H20FN3O4S. The van der Waals surface area contributed by atoms with Gasteiger partial charge in [-0.3, -0.25) is 9.69 Å². The highest BCUT2D eigenvalue weighted by Crippen LogP contribution is 2.35. The highest BCUT2D eigenvalue weighted by molar-refractivity contribution is 8.18. The molecule has 0 atom stereocenters. The quantitative estimate of drug-likeness (QED) is 0.281. The first-order valence-corrected chi connectivity index (χ1v) is 10.7. The number of carbonyl (C=O) groups excluding carboxylic acids is 1. The Hall–Kier alpha value is -3.85. The van der Waals surface area contributed by atoms with Gasteiger partial charge in [0, 0.05) is 5.56 Å². The number of hydrogen-bond acceptors (Lipinski definition) is 7. The molecule has 1 saturated heterocycles. The number of hydrogen-bond donors (Lipinski definition) is 0. The number of carbonyl (C=O) groups is 1. The van der Waals surface area contributed by atoms with Crippen LogP contribution in [-0.4, -0.2) is 36.4 Å². The van der Waals surface area contributed by atoms with Crippen molar-refractivity contribution in [2.75, 3.05) is 14.2 Å². The molecule has 168 valence electrons. The van der Waals surface area contributed by atoms with Gasteiger partial charge in [-0.05, 0) is 53.7 Å². The average Bonchev–Trinajstić information content (AvgIpc) is 3.44. The Kier molecular flexibility index (Phi) is 6.89. The summed E-state index contributed by atoms with van der Waals surface area (Å²) in [6.45, 7) is 0.191. The average molecular weight is 466 g/mol. The van der Waals surface area contributed by atoms with Gasteiger partial charge in [-0.15, -0.1) is 5.10 Å². The van der Waals surface area contributed by atoms with E-state index in [0.717, 1.165) is 5.56 Å². The third kappa shape index (κ3) is 5.15. The standard InChI is InChI=1S/C24H20FN3O4S/c1-30-20-10-9-16(12-21(20)31-2)13-22-23(29)28(15-18-7-5-11-32-18)24(33-22)27-26-14-17-6-3-4-8-19(17)25/h3-14H,15H2,1-2H3/b22-13-,26-14+,27-24-. The number of benzene rings is 2. The van der Waals surface area contributed by atoms with Gasteiger partial charge in [0.2, 0.25) is 0 Å². The Morgan fingerprint density at radius 2 is 1.91 bits per heavy atom. The number of amides is 1. The predicted octanol–water partition coefficient (Wildman–Crippen LogP) is 4.94. The molecule has 2 heterocycles. The van der Waals surface area contributed by atoms with Crippen LogP contribution in [0.5, 0.6) is 11.5 Å². The van der Waals surface area contributed by atoms with Gasteiger partial charge in [-0.2, -0.15) is 5.10 Å². The molecule has 0 saturated carbocycles. The molecule has 1 aliphatic heterocycles. The molecule has 0 N–H and O–H groups in total. The van der Waals surface area contributed by atoms with Gasteiger partial charge in [0.25, 0.3) is 5.91 Å². The highest BCUT2D eigenvalue weighted by Gasteiger charge is 2.34. The van der Waals surface area contributed by atoms with Gasteiger partial charge in [-0.25, -0.2) is 4.39 Å². The number of amidine groups is 1. The van der Waals surface area contributed by atoms with Crippen LogP contribution in [0.25, 0.3) is 6.08 Å². The lowest BCUT2D eigenvalue weighted by Gasteiger charge is -2.12. The Bertz CT molecular complexity index is 1240. The minimum atomic E-state index is -0.405. The van der Waals surface area contributed by atoms with Crippen molar-refractivity contribution < 1.29 is 23.1 Å². The number of ether oxygens (including phenoxy) is 2. The molecule has 1 aliphatic rings. The van der Waals surface area contributed by atoms with Gasteiger partial charge in [-0.1, -0.05) is 24.3 Å². The number of thioether (sulfide) groups is 1. The Labute approximate surface area is 194 Å². The van der Waals surface area contributed by atoms with E-state index >= 15 is 0 Å². The van der Waals surface area contributed by atoms with Crippen LogP contribution in [0, 0.1) is 5.82 Å². The van der Waals surface area contributed by atoms with Crippen molar-refractivity contribution in [3.05, 3.63) is 88.5 Å². The maximum absolute atomic E-state index is 13.9. The number of furan rings is 1. The van der Waals surface area contributed by atoms with Crippen LogP contribution in [0.2, 0.25) is 0 Å². The Morgan fingerprint density at radius 3 is 2.64 bits per heavy atom. The summed E-state index contributed by atoms with van der Waals surface area (Å²) in [5.41, 5.74) is 1.06. The van der Waals surface area contributed by atoms with E-state index in [1.165, 1.54) is 35.2 Å². The van der Waals surface area contributed by atoms with E-state index in [4.69, 9.17) is 13.9 Å². The fraction of sp³-hybridized carbons (Fsp3) is 0.125. The predicted molar refractivity (Wildman–Crippen MR) is 126 cm³/mol. The molecule has 1 fully saturated rings. The summed E-state index contributed by atoms with van der Waals surface area (Å²) in [6, 6.07) is 15.1. The summed E-state index contributed by atoms with van der Waals surface area (Å²) >= 11 is 1.17. The van der Waals surface area contributed by atoms with Crippen LogP contribution < -0.4 is 9.47 Å².